The highest BCUT2D eigenvalue weighted by molar-refractivity contribution is 7.58. The van der Waals surface area contributed by atoms with Crippen LogP contribution in [0.1, 0.15) is 6.92 Å². The lowest BCUT2D eigenvalue weighted by Crippen LogP contribution is -2.37. The lowest BCUT2D eigenvalue weighted by atomic mass is 10.7. The van der Waals surface area contributed by atoms with Gasteiger partial charge in [0.25, 0.3) is 0 Å². The summed E-state index contributed by atoms with van der Waals surface area (Å²) in [5, 5.41) is 0. The van der Waals surface area contributed by atoms with E-state index < -0.39 is 48.5 Å². The molecule has 0 bridgehead atoms. The summed E-state index contributed by atoms with van der Waals surface area (Å²) in [6.07, 6.45) is 0.179. The monoisotopic (exact) mass is 521 g/mol. The summed E-state index contributed by atoms with van der Waals surface area (Å²) in [6, 6.07) is 0. The summed E-state index contributed by atoms with van der Waals surface area (Å²) in [6.45, 7) is 26.5. The maximum atomic E-state index is 13.7. The van der Waals surface area contributed by atoms with Gasteiger partial charge in [-0.2, -0.15) is 0 Å². The van der Waals surface area contributed by atoms with Crippen molar-refractivity contribution in [2.75, 3.05) is 19.1 Å². The molecule has 0 N–H and O–H groups in total. The molecule has 0 aromatic rings. The van der Waals surface area contributed by atoms with Crippen molar-refractivity contribution >= 4 is 48.5 Å². The molecule has 7 nitrogen and oxygen atoms in total. The summed E-state index contributed by atoms with van der Waals surface area (Å²) >= 11 is 0. The van der Waals surface area contributed by atoms with Crippen LogP contribution in [0.25, 0.3) is 0 Å². The maximum Gasteiger partial charge on any atom is 0.325 e. The summed E-state index contributed by atoms with van der Waals surface area (Å²) in [7, 11) is -15.2. The average molecular weight is 522 g/mol. The van der Waals surface area contributed by atoms with Gasteiger partial charge in [-0.25, -0.2) is 0 Å². The molecule has 0 rings (SSSR count). The minimum absolute atomic E-state index is 0.0894. The van der Waals surface area contributed by atoms with Crippen LogP contribution in [0.3, 0.4) is 0 Å². The Labute approximate surface area is 183 Å². The molecule has 0 heterocycles. The lowest BCUT2D eigenvalue weighted by Gasteiger charge is -2.37. The van der Waals surface area contributed by atoms with Crippen molar-refractivity contribution in [2.24, 2.45) is 0 Å². The van der Waals surface area contributed by atoms with Gasteiger partial charge in [0.15, 0.2) is 33.3 Å². The first-order valence-electron chi connectivity index (χ1n) is 10.2. The van der Waals surface area contributed by atoms with E-state index in [9.17, 15) is 9.13 Å². The molecule has 0 aliphatic rings. The molecule has 0 spiro atoms. The third kappa shape index (κ3) is 15.6. The predicted octanol–water partition coefficient (Wildman–Crippen LogP) is 7.02. The average Bonchev–Trinajstić information content (AvgIpc) is 2.26. The summed E-state index contributed by atoms with van der Waals surface area (Å²) in [5.41, 5.74) is 0. The highest BCUT2D eigenvalue weighted by atomic mass is 31.2. The fourth-order valence-corrected chi connectivity index (χ4v) is 19.5. The fraction of sp³-hybridized carbons (Fsp3) is 1.00. The van der Waals surface area contributed by atoms with E-state index in [1.807, 2.05) is 90.4 Å². The minimum Gasteiger partial charge on any atom is -0.351 e. The molecule has 0 aliphatic carbocycles. The van der Waals surface area contributed by atoms with E-state index in [-0.39, 0.29) is 12.6 Å². The molecule has 0 unspecified atom stereocenters. The number of hydrogen-bond acceptors (Lipinski definition) is 7. The number of hydrogen-bond donors (Lipinski definition) is 0. The van der Waals surface area contributed by atoms with Crippen LogP contribution in [0.4, 0.5) is 0 Å². The van der Waals surface area contributed by atoms with Gasteiger partial charge in [0.1, 0.15) is 12.6 Å². The molecular weight excluding hydrogens is 476 g/mol. The predicted molar refractivity (Wildman–Crippen MR) is 135 cm³/mol. The molecule has 0 atom stereocenters. The van der Waals surface area contributed by atoms with E-state index in [1.165, 1.54) is 0 Å². The molecule has 0 radical (unpaired) electrons. The molecular formula is C16H45NO6P2Si4. The van der Waals surface area contributed by atoms with Gasteiger partial charge in [0.05, 0.1) is 0 Å². The minimum atomic E-state index is -3.38. The highest BCUT2D eigenvalue weighted by Gasteiger charge is 2.42. The van der Waals surface area contributed by atoms with E-state index in [1.54, 1.807) is 0 Å². The van der Waals surface area contributed by atoms with Gasteiger partial charge in [0.2, 0.25) is 0 Å². The van der Waals surface area contributed by atoms with Crippen LogP contribution >= 0.6 is 15.2 Å². The van der Waals surface area contributed by atoms with E-state index in [2.05, 4.69) is 0 Å². The van der Waals surface area contributed by atoms with Crippen LogP contribution in [0.5, 0.6) is 0 Å². The molecule has 29 heavy (non-hydrogen) atoms. The van der Waals surface area contributed by atoms with Gasteiger partial charge in [-0.05, 0) is 85.1 Å². The molecule has 0 aromatic carbocycles. The first kappa shape index (κ1) is 30.1. The van der Waals surface area contributed by atoms with Gasteiger partial charge >= 0.3 is 15.2 Å². The quantitative estimate of drug-likeness (QED) is 0.190. The third-order valence-corrected chi connectivity index (χ3v) is 17.6. The van der Waals surface area contributed by atoms with Gasteiger partial charge in [-0.1, -0.05) is 6.92 Å². The van der Waals surface area contributed by atoms with Gasteiger partial charge in [0, 0.05) is 0 Å². The molecule has 0 amide bonds. The second-order valence-corrected chi connectivity index (χ2v) is 34.1. The smallest absolute Gasteiger partial charge is 0.325 e. The molecule has 0 saturated heterocycles. The molecule has 0 aliphatic heterocycles. The molecule has 0 saturated carbocycles. The van der Waals surface area contributed by atoms with Crippen molar-refractivity contribution in [3.05, 3.63) is 0 Å². The maximum absolute atomic E-state index is 13.7. The summed E-state index contributed by atoms with van der Waals surface area (Å²) < 4.78 is 51.6. The molecule has 176 valence electrons. The van der Waals surface area contributed by atoms with Crippen molar-refractivity contribution < 1.29 is 26.0 Å². The Morgan fingerprint density at radius 2 is 0.759 bits per heavy atom. The number of nitrogens with zero attached hydrogens (tertiary/aromatic N) is 1. The largest absolute Gasteiger partial charge is 0.351 e. The van der Waals surface area contributed by atoms with Crippen LogP contribution in [0, 0.1) is 0 Å². The zero-order valence-electron chi connectivity index (χ0n) is 20.9. The van der Waals surface area contributed by atoms with Crippen LogP contribution in [0.15, 0.2) is 0 Å². The Hall–Kier alpha value is 1.13. The van der Waals surface area contributed by atoms with Crippen molar-refractivity contribution in [1.82, 2.24) is 4.90 Å². The second kappa shape index (κ2) is 10.4. The zero-order chi connectivity index (χ0) is 23.5. The first-order valence-corrected chi connectivity index (χ1v) is 27.3. The highest BCUT2D eigenvalue weighted by Crippen LogP contribution is 2.57. The molecule has 13 heteroatoms. The Kier molecular flexibility index (Phi) is 10.8. The Balaban J connectivity index is 5.80. The van der Waals surface area contributed by atoms with Gasteiger partial charge < -0.3 is 16.9 Å². The van der Waals surface area contributed by atoms with Gasteiger partial charge in [-0.15, -0.1) is 0 Å². The van der Waals surface area contributed by atoms with Crippen molar-refractivity contribution in [1.29, 1.82) is 0 Å². The standard InChI is InChI=1S/C16H45NO6P2Si4/c1-14-17(15-24(18,20-26(2,3)4)21-27(5,6)7)16-25(19,22-28(8,9)10)23-29(11,12)13/h14-16H2,1-13H3. The fourth-order valence-electron chi connectivity index (χ4n) is 2.56. The van der Waals surface area contributed by atoms with Crippen molar-refractivity contribution in [2.45, 2.75) is 85.5 Å². The summed E-state index contributed by atoms with van der Waals surface area (Å²) in [5.74, 6) is 0. The van der Waals surface area contributed by atoms with E-state index >= 15 is 0 Å². The third-order valence-electron chi connectivity index (χ3n) is 2.85. The number of rotatable bonds is 13. The SMILES string of the molecule is CCN(CP(=O)(O[Si](C)(C)C)O[Si](C)(C)C)CP(=O)(O[Si](C)(C)C)O[Si](C)(C)C. The van der Waals surface area contributed by atoms with Gasteiger partial charge in [-0.3, -0.25) is 14.0 Å². The Morgan fingerprint density at radius 1 is 0.552 bits per heavy atom. The molecule has 0 fully saturated rings. The summed E-state index contributed by atoms with van der Waals surface area (Å²) in [4.78, 5) is 1.85. The Morgan fingerprint density at radius 3 is 0.897 bits per heavy atom. The normalized spacial score (nSPS) is 15.2. The van der Waals surface area contributed by atoms with Crippen LogP contribution in [-0.4, -0.2) is 57.3 Å². The van der Waals surface area contributed by atoms with Crippen LogP contribution in [-0.2, 0) is 26.0 Å². The second-order valence-electron chi connectivity index (χ2n) is 11.3. The molecule has 0 aromatic heterocycles. The van der Waals surface area contributed by atoms with E-state index in [0.29, 0.717) is 6.54 Å². The van der Waals surface area contributed by atoms with Crippen LogP contribution in [0.2, 0.25) is 78.6 Å². The Bertz CT molecular complexity index is 531. The lowest BCUT2D eigenvalue weighted by molar-refractivity contribution is 0.293. The van der Waals surface area contributed by atoms with Crippen LogP contribution < -0.4 is 0 Å². The van der Waals surface area contributed by atoms with Crippen molar-refractivity contribution in [3.63, 3.8) is 0 Å². The van der Waals surface area contributed by atoms with E-state index in [4.69, 9.17) is 16.9 Å². The first-order chi connectivity index (χ1) is 12.5. The van der Waals surface area contributed by atoms with Crippen molar-refractivity contribution in [3.8, 4) is 0 Å². The topological polar surface area (TPSA) is 74.3 Å². The zero-order valence-corrected chi connectivity index (χ0v) is 26.7. The van der Waals surface area contributed by atoms with E-state index in [0.717, 1.165) is 0 Å².